The summed E-state index contributed by atoms with van der Waals surface area (Å²) in [5, 5.41) is 28.6. The van der Waals surface area contributed by atoms with Gasteiger partial charge in [0.05, 0.1) is 25.3 Å². The number of likely N-dealkylation sites (N-methyl/N-ethyl adjacent to an activating group) is 1. The first-order valence-corrected chi connectivity index (χ1v) is 27.0. The lowest BCUT2D eigenvalue weighted by molar-refractivity contribution is -0.162. The zero-order valence-electron chi connectivity index (χ0n) is 43.1. The molecule has 3 heterocycles. The molecule has 4 amide bonds. The van der Waals surface area contributed by atoms with Crippen LogP contribution in [0.2, 0.25) is 5.02 Å². The number of halogens is 1. The van der Waals surface area contributed by atoms with E-state index in [0.717, 1.165) is 42.6 Å². The van der Waals surface area contributed by atoms with Crippen LogP contribution < -0.4 is 20.3 Å². The van der Waals surface area contributed by atoms with Crippen molar-refractivity contribution in [2.45, 2.75) is 204 Å². The molecule has 0 aromatic heterocycles. The van der Waals surface area contributed by atoms with Crippen LogP contribution in [-0.4, -0.2) is 125 Å². The van der Waals surface area contributed by atoms with Gasteiger partial charge < -0.3 is 44.3 Å². The van der Waals surface area contributed by atoms with Gasteiger partial charge in [0.15, 0.2) is 5.72 Å². The van der Waals surface area contributed by atoms with Gasteiger partial charge in [-0.25, -0.2) is 9.59 Å². The van der Waals surface area contributed by atoms with Gasteiger partial charge in [0.25, 0.3) is 0 Å². The van der Waals surface area contributed by atoms with Crippen LogP contribution in [0.25, 0.3) is 0 Å². The van der Waals surface area contributed by atoms with Crippen molar-refractivity contribution in [1.29, 1.82) is 0 Å². The third-order valence-electron chi connectivity index (χ3n) is 14.8. The second kappa shape index (κ2) is 26.2. The van der Waals surface area contributed by atoms with Crippen molar-refractivity contribution in [3.63, 3.8) is 0 Å². The zero-order chi connectivity index (χ0) is 51.3. The quantitative estimate of drug-likeness (QED) is 0.0744. The van der Waals surface area contributed by atoms with E-state index in [1.807, 2.05) is 13.8 Å². The number of hydrogen-bond donors (Lipinski definition) is 4. The van der Waals surface area contributed by atoms with Gasteiger partial charge in [-0.15, -0.1) is 0 Å². The fourth-order valence-corrected chi connectivity index (χ4v) is 11.5. The number of benzene rings is 1. The number of esters is 1. The van der Waals surface area contributed by atoms with Crippen LogP contribution in [0.3, 0.4) is 0 Å². The number of thioether (sulfide) groups is 1. The molecule has 15 nitrogen and oxygen atoms in total. The Morgan fingerprint density at radius 2 is 1.83 bits per heavy atom. The normalized spacial score (nSPS) is 31.0. The Morgan fingerprint density at radius 1 is 1.11 bits per heavy atom. The Balaban J connectivity index is 1.22. The number of allylic oxidation sites excluding steroid dienone is 3. The molecule has 1 saturated carbocycles. The summed E-state index contributed by atoms with van der Waals surface area (Å²) in [6.07, 6.45) is 13.7. The summed E-state index contributed by atoms with van der Waals surface area (Å²) in [7, 11) is 4.60. The molecule has 1 aromatic carbocycles. The minimum Gasteiger partial charge on any atom is -0.495 e. The summed E-state index contributed by atoms with van der Waals surface area (Å²) in [5.41, 5.74) is -1.35. The van der Waals surface area contributed by atoms with Crippen LogP contribution in [0.1, 0.15) is 150 Å². The number of amides is 4. The third-order valence-corrected chi connectivity index (χ3v) is 16.4. The van der Waals surface area contributed by atoms with Gasteiger partial charge in [-0.1, -0.05) is 108 Å². The average Bonchev–Trinajstić information content (AvgIpc) is 4.01. The maximum Gasteiger partial charge on any atom is 0.409 e. The van der Waals surface area contributed by atoms with E-state index >= 15 is 0 Å². The van der Waals surface area contributed by atoms with Crippen molar-refractivity contribution in [1.82, 2.24) is 15.5 Å². The largest absolute Gasteiger partial charge is 0.495 e. The van der Waals surface area contributed by atoms with E-state index in [0.29, 0.717) is 30.2 Å². The Bertz CT molecular complexity index is 2040. The number of rotatable bonds is 15. The number of unbranched alkanes of at least 4 members (excludes halogenated alkanes) is 1. The lowest BCUT2D eigenvalue weighted by Gasteiger charge is -2.41. The number of nitrogens with one attached hydrogen (secondary N) is 2. The minimum absolute atomic E-state index is 0.0477. The van der Waals surface area contributed by atoms with E-state index in [9.17, 15) is 34.2 Å². The van der Waals surface area contributed by atoms with Crippen molar-refractivity contribution in [3.8, 4) is 5.75 Å². The number of epoxide rings is 1. The second-order valence-corrected chi connectivity index (χ2v) is 22.5. The number of anilines is 1. The molecule has 1 aromatic rings. The van der Waals surface area contributed by atoms with Crippen LogP contribution in [0.5, 0.6) is 5.75 Å². The number of aliphatic hydroxyl groups is 2. The Labute approximate surface area is 425 Å². The predicted molar refractivity (Wildman–Crippen MR) is 274 cm³/mol. The number of nitrogens with zero attached hydrogens (tertiary/aromatic N) is 2. The van der Waals surface area contributed by atoms with Gasteiger partial charge in [-0.05, 0) is 82.2 Å². The smallest absolute Gasteiger partial charge is 0.409 e. The third kappa shape index (κ3) is 15.6. The molecule has 2 saturated heterocycles. The molecule has 3 aliphatic heterocycles. The van der Waals surface area contributed by atoms with Crippen molar-refractivity contribution < 1.29 is 53.1 Å². The zero-order valence-corrected chi connectivity index (χ0v) is 44.6. The van der Waals surface area contributed by atoms with E-state index in [-0.39, 0.29) is 47.4 Å². The summed E-state index contributed by atoms with van der Waals surface area (Å²) in [6, 6.07) is 2.76. The molecule has 70 heavy (non-hydrogen) atoms. The summed E-state index contributed by atoms with van der Waals surface area (Å²) >= 11 is 8.47. The number of carbonyl (C=O) groups excluding carboxylic acids is 5. The van der Waals surface area contributed by atoms with Crippen molar-refractivity contribution >= 4 is 58.8 Å². The molecule has 11 atom stereocenters. The average molecular weight is 1020 g/mol. The molecule has 0 spiro atoms. The molecule has 5 rings (SSSR count). The molecule has 4 aliphatic rings. The van der Waals surface area contributed by atoms with Gasteiger partial charge in [0.2, 0.25) is 17.7 Å². The first-order chi connectivity index (χ1) is 33.2. The highest BCUT2D eigenvalue weighted by molar-refractivity contribution is 7.99. The first kappa shape index (κ1) is 57.1. The van der Waals surface area contributed by atoms with Gasteiger partial charge >= 0.3 is 12.1 Å². The van der Waals surface area contributed by atoms with Gasteiger partial charge in [0, 0.05) is 50.6 Å². The van der Waals surface area contributed by atoms with Crippen LogP contribution in [0.4, 0.5) is 10.5 Å². The van der Waals surface area contributed by atoms with Gasteiger partial charge in [-0.3, -0.25) is 19.7 Å². The molecule has 17 heteroatoms. The molecular formula is C53H81ClN4O11S. The summed E-state index contributed by atoms with van der Waals surface area (Å²) in [5.74, 6) is -0.108. The molecule has 5 unspecified atom stereocenters. The van der Waals surface area contributed by atoms with Gasteiger partial charge in [-0.2, -0.15) is 11.8 Å². The highest BCUT2D eigenvalue weighted by Crippen LogP contribution is 2.49. The van der Waals surface area contributed by atoms with Crippen LogP contribution >= 0.6 is 23.4 Å². The highest BCUT2D eigenvalue weighted by Gasteiger charge is 2.64. The van der Waals surface area contributed by atoms with Crippen LogP contribution in [0, 0.1) is 11.8 Å². The minimum atomic E-state index is -2.07. The maximum atomic E-state index is 14.3. The van der Waals surface area contributed by atoms with Crippen molar-refractivity contribution in [3.05, 3.63) is 46.5 Å². The highest BCUT2D eigenvalue weighted by atomic mass is 35.5. The number of hydrogen-bond acceptors (Lipinski definition) is 12. The number of carbonyl (C=O) groups is 5. The molecule has 1 aliphatic carbocycles. The second-order valence-electron chi connectivity index (χ2n) is 20.5. The Morgan fingerprint density at radius 3 is 2.54 bits per heavy atom. The number of alkyl carbamates (subject to hydrolysis) is 1. The lowest BCUT2D eigenvalue weighted by atomic mass is 9.83. The van der Waals surface area contributed by atoms with Crippen molar-refractivity contribution in [2.75, 3.05) is 31.9 Å². The SMILES string of the molecule is CCCC1CCCCCCCC(NC(=O)CCCCSC(C)CC(=O)N(C)[C@@H](C)C(=O)O[C@H]2CC(=O)N(C)c3cc(cc(OC)c3Cl)C/C(C)=C/C=C/[C@@H](O)[C@@]3(O)CC(OC(=O)N3)[C@@H](C)C3O[C@]32C)C1. The molecular weight excluding hydrogens is 936 g/mol. The van der Waals surface area contributed by atoms with E-state index in [1.165, 1.54) is 74.4 Å². The standard InChI is InChI=1S/C53H81ClN4O11S/c1-10-19-37-21-14-12-11-13-15-22-39(28-37)55-45(60)24-16-17-25-70-34(3)27-46(61)57(7)36(5)50(63)68-44-31-47(62)58(8)40-29-38(30-41(66-9)48(40)54)26-33(2)20-18-23-43(59)53(65)32-42(67-51(64)56-53)35(4)49-52(44,6)69-49/h18,20,23,29-30,34-37,39,42-44,49,59,65H,10-17,19,21-22,24-28,31-32H2,1-9H3,(H,55,60)(H,56,64)/b23-18+,33-20+/t34?,35-,36+,37?,39?,42?,43-,44+,49?,52+,53+/m1/s1. The number of methoxy groups -OCH3 is 1. The molecule has 3 fully saturated rings. The van der Waals surface area contributed by atoms with E-state index in [1.54, 1.807) is 70.9 Å². The lowest BCUT2D eigenvalue weighted by Crippen LogP contribution is -2.63. The Kier molecular flexibility index (Phi) is 21.4. The topological polar surface area (TPSA) is 197 Å². The number of aliphatic hydroxyl groups excluding tert-OH is 1. The van der Waals surface area contributed by atoms with Crippen LogP contribution in [0.15, 0.2) is 35.9 Å². The van der Waals surface area contributed by atoms with E-state index < -0.39 is 65.7 Å². The predicted octanol–water partition coefficient (Wildman–Crippen LogP) is 8.58. The Hall–Kier alpha value is -3.83. The fraction of sp³-hybridized carbons (Fsp3) is 0.717. The first-order valence-electron chi connectivity index (χ1n) is 25.6. The molecule has 392 valence electrons. The summed E-state index contributed by atoms with van der Waals surface area (Å²) in [4.78, 5) is 70.6. The van der Waals surface area contributed by atoms with Crippen LogP contribution in [-0.2, 0) is 39.8 Å². The van der Waals surface area contributed by atoms with E-state index in [4.69, 9.17) is 30.5 Å². The van der Waals surface area contributed by atoms with Crippen molar-refractivity contribution in [2.24, 2.45) is 11.8 Å². The molecule has 4 N–H and O–H groups in total. The van der Waals surface area contributed by atoms with E-state index in [2.05, 4.69) is 17.6 Å². The monoisotopic (exact) mass is 1020 g/mol. The maximum absolute atomic E-state index is 14.3. The fourth-order valence-electron chi connectivity index (χ4n) is 10.2. The molecule has 4 bridgehead atoms. The summed E-state index contributed by atoms with van der Waals surface area (Å²) < 4.78 is 23.7. The number of ether oxygens (including phenoxy) is 4. The molecule has 0 radical (unpaired) electrons. The van der Waals surface area contributed by atoms with Gasteiger partial charge in [0.1, 0.15) is 40.7 Å². The summed E-state index contributed by atoms with van der Waals surface area (Å²) in [6.45, 7) is 11.1. The number of fused-ring (bicyclic) bond motifs is 5.